The maximum Gasteiger partial charge on any atom is 0.239 e. The summed E-state index contributed by atoms with van der Waals surface area (Å²) >= 11 is 0. The highest BCUT2D eigenvalue weighted by Crippen LogP contribution is 2.23. The van der Waals surface area contributed by atoms with Crippen molar-refractivity contribution in [1.29, 1.82) is 5.26 Å². The summed E-state index contributed by atoms with van der Waals surface area (Å²) in [7, 11) is 1.50. The lowest BCUT2D eigenvalue weighted by Gasteiger charge is -2.20. The highest BCUT2D eigenvalue weighted by molar-refractivity contribution is 5.81. The van der Waals surface area contributed by atoms with E-state index >= 15 is 0 Å². The molecule has 0 bridgehead atoms. The number of carbonyl (C=O) groups excluding carboxylic acids is 1. The summed E-state index contributed by atoms with van der Waals surface area (Å²) < 4.78 is 5.07. The third kappa shape index (κ3) is 3.70. The third-order valence-corrected chi connectivity index (χ3v) is 3.03. The number of hydrogen-bond acceptors (Lipinski definition) is 4. The van der Waals surface area contributed by atoms with Crippen molar-refractivity contribution in [3.8, 4) is 11.8 Å². The van der Waals surface area contributed by atoms with Crippen LogP contribution in [-0.4, -0.2) is 19.1 Å². The number of amides is 1. The van der Waals surface area contributed by atoms with E-state index in [9.17, 15) is 4.79 Å². The molecule has 1 aromatic rings. The van der Waals surface area contributed by atoms with Crippen LogP contribution >= 0.6 is 0 Å². The highest BCUT2D eigenvalue weighted by Gasteiger charge is 2.20. The zero-order valence-corrected chi connectivity index (χ0v) is 11.4. The van der Waals surface area contributed by atoms with Crippen LogP contribution in [-0.2, 0) is 4.79 Å². The lowest BCUT2D eigenvalue weighted by molar-refractivity contribution is -0.120. The minimum Gasteiger partial charge on any atom is -0.495 e. The monoisotopic (exact) mass is 261 g/mol. The maximum absolute atomic E-state index is 11.6. The van der Waals surface area contributed by atoms with Crippen molar-refractivity contribution >= 4 is 5.91 Å². The molecule has 0 saturated heterocycles. The molecule has 5 heteroatoms. The van der Waals surface area contributed by atoms with Crippen LogP contribution in [0.4, 0.5) is 0 Å². The predicted octanol–water partition coefficient (Wildman–Crippen LogP) is 1.48. The Morgan fingerprint density at radius 2 is 2.26 bits per heavy atom. The Labute approximate surface area is 113 Å². The molecule has 0 saturated carbocycles. The number of carbonyl (C=O) groups is 1. The number of methoxy groups -OCH3 is 1. The molecule has 102 valence electrons. The van der Waals surface area contributed by atoms with E-state index in [1.54, 1.807) is 18.2 Å². The van der Waals surface area contributed by atoms with Gasteiger partial charge in [0.05, 0.1) is 12.7 Å². The van der Waals surface area contributed by atoms with Gasteiger partial charge in [0.15, 0.2) is 0 Å². The van der Waals surface area contributed by atoms with Gasteiger partial charge in [-0.05, 0) is 31.0 Å². The fourth-order valence-corrected chi connectivity index (χ4v) is 1.74. The van der Waals surface area contributed by atoms with Crippen LogP contribution < -0.4 is 15.8 Å². The van der Waals surface area contributed by atoms with Crippen LogP contribution in [0, 0.1) is 11.3 Å². The molecule has 2 unspecified atom stereocenters. The SMILES string of the molecule is CCC(C)NC(C(N)=O)c1ccc(OC)c(C#N)c1. The van der Waals surface area contributed by atoms with Crippen LogP contribution in [0.2, 0.25) is 0 Å². The highest BCUT2D eigenvalue weighted by atomic mass is 16.5. The second-order valence-electron chi connectivity index (χ2n) is 4.38. The smallest absolute Gasteiger partial charge is 0.239 e. The lowest BCUT2D eigenvalue weighted by atomic mass is 10.0. The van der Waals surface area contributed by atoms with E-state index in [4.69, 9.17) is 15.7 Å². The molecule has 0 fully saturated rings. The summed E-state index contributed by atoms with van der Waals surface area (Å²) in [5.41, 5.74) is 6.48. The van der Waals surface area contributed by atoms with Gasteiger partial charge in [-0.25, -0.2) is 0 Å². The molecular formula is C14H19N3O2. The normalized spacial score (nSPS) is 13.4. The second-order valence-corrected chi connectivity index (χ2v) is 4.38. The Morgan fingerprint density at radius 3 is 2.74 bits per heavy atom. The maximum atomic E-state index is 11.6. The Hall–Kier alpha value is -2.06. The number of nitrogens with zero attached hydrogens (tertiary/aromatic N) is 1. The van der Waals surface area contributed by atoms with E-state index in [-0.39, 0.29) is 6.04 Å². The van der Waals surface area contributed by atoms with Crippen molar-refractivity contribution in [1.82, 2.24) is 5.32 Å². The van der Waals surface area contributed by atoms with E-state index in [1.165, 1.54) is 7.11 Å². The van der Waals surface area contributed by atoms with Gasteiger partial charge in [-0.15, -0.1) is 0 Å². The Morgan fingerprint density at radius 1 is 1.58 bits per heavy atom. The number of ether oxygens (including phenoxy) is 1. The van der Waals surface area contributed by atoms with E-state index in [0.717, 1.165) is 6.42 Å². The fourth-order valence-electron chi connectivity index (χ4n) is 1.74. The first kappa shape index (κ1) is 15.0. The van der Waals surface area contributed by atoms with Crippen LogP contribution in [0.15, 0.2) is 18.2 Å². The summed E-state index contributed by atoms with van der Waals surface area (Å²) in [5.74, 6) is 0.0207. The minimum atomic E-state index is -0.604. The fraction of sp³-hybridized carbons (Fsp3) is 0.429. The van der Waals surface area contributed by atoms with Gasteiger partial charge in [0.2, 0.25) is 5.91 Å². The molecule has 0 radical (unpaired) electrons. The number of rotatable bonds is 6. The summed E-state index contributed by atoms with van der Waals surface area (Å²) in [5, 5.41) is 12.2. The van der Waals surface area contributed by atoms with Gasteiger partial charge in [0.25, 0.3) is 0 Å². The van der Waals surface area contributed by atoms with E-state index in [1.807, 2.05) is 19.9 Å². The molecule has 0 heterocycles. The molecule has 1 aromatic carbocycles. The average Bonchev–Trinajstić information content (AvgIpc) is 2.43. The van der Waals surface area contributed by atoms with Crippen molar-refractivity contribution in [2.75, 3.05) is 7.11 Å². The standard InChI is InChI=1S/C14H19N3O2/c1-4-9(2)17-13(14(16)18)10-5-6-12(19-3)11(7-10)8-15/h5-7,9,13,17H,4H2,1-3H3,(H2,16,18). The average molecular weight is 261 g/mol. The molecule has 3 N–H and O–H groups in total. The molecular weight excluding hydrogens is 242 g/mol. The summed E-state index contributed by atoms with van der Waals surface area (Å²) in [6, 6.07) is 6.63. The number of hydrogen-bond donors (Lipinski definition) is 2. The van der Waals surface area contributed by atoms with Gasteiger partial charge in [0, 0.05) is 6.04 Å². The topological polar surface area (TPSA) is 88.1 Å². The van der Waals surface area contributed by atoms with Gasteiger partial charge < -0.3 is 10.5 Å². The summed E-state index contributed by atoms with van der Waals surface area (Å²) in [6.07, 6.45) is 0.880. The second kappa shape index (κ2) is 6.76. The third-order valence-electron chi connectivity index (χ3n) is 3.03. The molecule has 2 atom stereocenters. The van der Waals surface area contributed by atoms with Crippen LogP contribution in [0.1, 0.15) is 37.4 Å². The molecule has 0 aliphatic carbocycles. The Bertz CT molecular complexity index is 494. The number of nitrogens with two attached hydrogens (primary N) is 1. The zero-order valence-electron chi connectivity index (χ0n) is 11.4. The zero-order chi connectivity index (χ0) is 14.4. The van der Waals surface area contributed by atoms with Crippen molar-refractivity contribution in [2.24, 2.45) is 5.73 Å². The molecule has 1 amide bonds. The number of primary amides is 1. The van der Waals surface area contributed by atoms with Gasteiger partial charge >= 0.3 is 0 Å². The first-order valence-corrected chi connectivity index (χ1v) is 6.16. The molecule has 0 aliphatic rings. The van der Waals surface area contributed by atoms with Crippen molar-refractivity contribution in [3.05, 3.63) is 29.3 Å². The Balaban J connectivity index is 3.10. The van der Waals surface area contributed by atoms with E-state index < -0.39 is 11.9 Å². The molecule has 0 spiro atoms. The number of nitrogens with one attached hydrogen (secondary N) is 1. The van der Waals surface area contributed by atoms with Gasteiger partial charge in [-0.3, -0.25) is 10.1 Å². The Kier molecular flexibility index (Phi) is 5.34. The number of benzene rings is 1. The van der Waals surface area contributed by atoms with Crippen LogP contribution in [0.25, 0.3) is 0 Å². The molecule has 5 nitrogen and oxygen atoms in total. The molecule has 19 heavy (non-hydrogen) atoms. The van der Waals surface area contributed by atoms with Gasteiger partial charge in [-0.2, -0.15) is 5.26 Å². The summed E-state index contributed by atoms with van der Waals surface area (Å²) in [6.45, 7) is 4.00. The van der Waals surface area contributed by atoms with Crippen molar-refractivity contribution in [2.45, 2.75) is 32.4 Å². The molecule has 0 aliphatic heterocycles. The predicted molar refractivity (Wildman–Crippen MR) is 72.5 cm³/mol. The number of nitriles is 1. The molecule has 1 rings (SSSR count). The van der Waals surface area contributed by atoms with Crippen LogP contribution in [0.5, 0.6) is 5.75 Å². The van der Waals surface area contributed by atoms with Crippen LogP contribution in [0.3, 0.4) is 0 Å². The quantitative estimate of drug-likeness (QED) is 0.811. The van der Waals surface area contributed by atoms with Crippen molar-refractivity contribution in [3.63, 3.8) is 0 Å². The first-order chi connectivity index (χ1) is 9.03. The van der Waals surface area contributed by atoms with E-state index in [2.05, 4.69) is 5.32 Å². The largest absolute Gasteiger partial charge is 0.495 e. The molecule has 0 aromatic heterocycles. The van der Waals surface area contributed by atoms with E-state index in [0.29, 0.717) is 16.9 Å². The lowest BCUT2D eigenvalue weighted by Crippen LogP contribution is -2.38. The summed E-state index contributed by atoms with van der Waals surface area (Å²) in [4.78, 5) is 11.6. The first-order valence-electron chi connectivity index (χ1n) is 6.16. The van der Waals surface area contributed by atoms with Crippen molar-refractivity contribution < 1.29 is 9.53 Å². The van der Waals surface area contributed by atoms with Gasteiger partial charge in [-0.1, -0.05) is 13.0 Å². The minimum absolute atomic E-state index is 0.158. The van der Waals surface area contributed by atoms with Gasteiger partial charge in [0.1, 0.15) is 17.9 Å².